The number of halogens is 1. The summed E-state index contributed by atoms with van der Waals surface area (Å²) in [6.45, 7) is 0.219. The molecule has 5 nitrogen and oxygen atoms in total. The summed E-state index contributed by atoms with van der Waals surface area (Å²) < 4.78 is 1.56. The van der Waals surface area contributed by atoms with E-state index in [4.69, 9.17) is 16.7 Å². The Balaban J connectivity index is 2.25. The van der Waals surface area contributed by atoms with Crippen LogP contribution in [0, 0.1) is 0 Å². The van der Waals surface area contributed by atoms with Crippen molar-refractivity contribution in [3.8, 4) is 5.69 Å². The minimum Gasteiger partial charge on any atom is -0.395 e. The first-order valence-electron chi connectivity index (χ1n) is 5.79. The Bertz CT molecular complexity index is 583. The van der Waals surface area contributed by atoms with Crippen LogP contribution in [0.5, 0.6) is 0 Å². The molecule has 0 unspecified atom stereocenters. The number of likely N-dealkylation sites (N-methyl/N-ethyl adjacent to an activating group) is 1. The van der Waals surface area contributed by atoms with Crippen LogP contribution in [0.25, 0.3) is 5.69 Å². The third-order valence-electron chi connectivity index (χ3n) is 2.71. The fourth-order valence-electron chi connectivity index (χ4n) is 1.67. The second-order valence-corrected chi connectivity index (χ2v) is 4.48. The molecule has 0 aliphatic heterocycles. The van der Waals surface area contributed by atoms with Crippen molar-refractivity contribution in [1.82, 2.24) is 14.7 Å². The molecule has 0 fully saturated rings. The molecule has 0 bridgehead atoms. The number of rotatable bonds is 4. The number of benzene rings is 1. The van der Waals surface area contributed by atoms with Crippen molar-refractivity contribution in [2.45, 2.75) is 0 Å². The number of carbonyl (C=O) groups excluding carboxylic acids is 1. The van der Waals surface area contributed by atoms with Gasteiger partial charge in [0.2, 0.25) is 0 Å². The summed E-state index contributed by atoms with van der Waals surface area (Å²) in [5.41, 5.74) is 1.17. The molecule has 100 valence electrons. The van der Waals surface area contributed by atoms with Gasteiger partial charge in [-0.2, -0.15) is 5.10 Å². The van der Waals surface area contributed by atoms with Crippen LogP contribution in [-0.4, -0.2) is 45.9 Å². The van der Waals surface area contributed by atoms with E-state index in [2.05, 4.69) is 5.10 Å². The number of para-hydroxylation sites is 1. The normalized spacial score (nSPS) is 10.5. The SMILES string of the molecule is CN(CCO)C(=O)c1cnn(-c2ccccc2Cl)c1. The van der Waals surface area contributed by atoms with Crippen LogP contribution in [0.3, 0.4) is 0 Å². The Morgan fingerprint density at radius 1 is 1.47 bits per heavy atom. The van der Waals surface area contributed by atoms with Gasteiger partial charge in [0, 0.05) is 19.8 Å². The fraction of sp³-hybridized carbons (Fsp3) is 0.231. The molecule has 0 spiro atoms. The average molecular weight is 280 g/mol. The molecule has 2 aromatic rings. The predicted molar refractivity (Wildman–Crippen MR) is 72.6 cm³/mol. The van der Waals surface area contributed by atoms with Gasteiger partial charge < -0.3 is 10.0 Å². The molecule has 0 aliphatic carbocycles. The van der Waals surface area contributed by atoms with Gasteiger partial charge in [0.15, 0.2) is 0 Å². The van der Waals surface area contributed by atoms with E-state index in [1.54, 1.807) is 24.0 Å². The van der Waals surface area contributed by atoms with Crippen LogP contribution in [0.4, 0.5) is 0 Å². The minimum atomic E-state index is -0.188. The summed E-state index contributed by atoms with van der Waals surface area (Å²) in [5.74, 6) is -0.188. The van der Waals surface area contributed by atoms with Gasteiger partial charge in [-0.3, -0.25) is 4.79 Å². The summed E-state index contributed by atoms with van der Waals surface area (Å²) in [4.78, 5) is 13.4. The van der Waals surface area contributed by atoms with Crippen LogP contribution >= 0.6 is 11.6 Å². The lowest BCUT2D eigenvalue weighted by atomic mass is 10.3. The van der Waals surface area contributed by atoms with E-state index >= 15 is 0 Å². The van der Waals surface area contributed by atoms with Gasteiger partial charge in [0.05, 0.1) is 29.1 Å². The van der Waals surface area contributed by atoms with E-state index in [-0.39, 0.29) is 19.1 Å². The monoisotopic (exact) mass is 279 g/mol. The van der Waals surface area contributed by atoms with E-state index in [1.165, 1.54) is 11.1 Å². The second-order valence-electron chi connectivity index (χ2n) is 4.08. The molecule has 0 saturated heterocycles. The zero-order valence-corrected chi connectivity index (χ0v) is 11.2. The highest BCUT2D eigenvalue weighted by Crippen LogP contribution is 2.19. The van der Waals surface area contributed by atoms with E-state index in [0.29, 0.717) is 16.3 Å². The number of nitrogens with zero attached hydrogens (tertiary/aromatic N) is 3. The Morgan fingerprint density at radius 2 is 2.21 bits per heavy atom. The molecule has 0 radical (unpaired) electrons. The van der Waals surface area contributed by atoms with Crippen molar-refractivity contribution in [3.63, 3.8) is 0 Å². The quantitative estimate of drug-likeness (QED) is 0.925. The van der Waals surface area contributed by atoms with Gasteiger partial charge in [-0.05, 0) is 12.1 Å². The van der Waals surface area contributed by atoms with E-state index < -0.39 is 0 Å². The molecule has 1 amide bonds. The molecular weight excluding hydrogens is 266 g/mol. The van der Waals surface area contributed by atoms with Crippen molar-refractivity contribution >= 4 is 17.5 Å². The van der Waals surface area contributed by atoms with Gasteiger partial charge >= 0.3 is 0 Å². The summed E-state index contributed by atoms with van der Waals surface area (Å²) in [7, 11) is 1.63. The smallest absolute Gasteiger partial charge is 0.256 e. The number of aliphatic hydroxyl groups excluding tert-OH is 1. The third-order valence-corrected chi connectivity index (χ3v) is 3.03. The highest BCUT2D eigenvalue weighted by Gasteiger charge is 2.14. The first-order chi connectivity index (χ1) is 9.13. The van der Waals surface area contributed by atoms with Crippen molar-refractivity contribution < 1.29 is 9.90 Å². The van der Waals surface area contributed by atoms with Gasteiger partial charge in [-0.1, -0.05) is 23.7 Å². The van der Waals surface area contributed by atoms with Gasteiger partial charge in [-0.15, -0.1) is 0 Å². The van der Waals surface area contributed by atoms with Crippen LogP contribution < -0.4 is 0 Å². The Labute approximate surface area is 116 Å². The standard InChI is InChI=1S/C13H14ClN3O2/c1-16(6-7-18)13(19)10-8-15-17(9-10)12-5-3-2-4-11(12)14/h2-5,8-9,18H,6-7H2,1H3. The minimum absolute atomic E-state index is 0.0686. The number of carbonyl (C=O) groups is 1. The first-order valence-corrected chi connectivity index (χ1v) is 6.17. The predicted octanol–water partition coefficient (Wildman–Crippen LogP) is 1.59. The maximum Gasteiger partial charge on any atom is 0.256 e. The molecule has 1 aromatic carbocycles. The second kappa shape index (κ2) is 5.86. The van der Waals surface area contributed by atoms with E-state index in [1.807, 2.05) is 18.2 Å². The zero-order chi connectivity index (χ0) is 13.8. The van der Waals surface area contributed by atoms with Crippen molar-refractivity contribution in [3.05, 3.63) is 47.2 Å². The molecule has 1 heterocycles. The summed E-state index contributed by atoms with van der Waals surface area (Å²) in [6, 6.07) is 7.26. The summed E-state index contributed by atoms with van der Waals surface area (Å²) in [5, 5.41) is 13.5. The Hall–Kier alpha value is -1.85. The number of hydrogen-bond donors (Lipinski definition) is 1. The number of amides is 1. The van der Waals surface area contributed by atoms with Crippen molar-refractivity contribution in [1.29, 1.82) is 0 Å². The highest BCUT2D eigenvalue weighted by atomic mass is 35.5. The molecule has 2 rings (SSSR count). The van der Waals surface area contributed by atoms with Crippen LogP contribution in [0.15, 0.2) is 36.7 Å². The van der Waals surface area contributed by atoms with Gasteiger partial charge in [0.1, 0.15) is 0 Å². The maximum absolute atomic E-state index is 12.0. The van der Waals surface area contributed by atoms with Crippen LogP contribution in [0.2, 0.25) is 5.02 Å². The lowest BCUT2D eigenvalue weighted by Gasteiger charge is -2.13. The number of aromatic nitrogens is 2. The number of hydrogen-bond acceptors (Lipinski definition) is 3. The first kappa shape index (κ1) is 13.6. The fourth-order valence-corrected chi connectivity index (χ4v) is 1.90. The molecular formula is C13H14ClN3O2. The topological polar surface area (TPSA) is 58.4 Å². The van der Waals surface area contributed by atoms with Crippen LogP contribution in [-0.2, 0) is 0 Å². The zero-order valence-electron chi connectivity index (χ0n) is 10.5. The lowest BCUT2D eigenvalue weighted by Crippen LogP contribution is -2.29. The Kier molecular flexibility index (Phi) is 4.19. The molecule has 19 heavy (non-hydrogen) atoms. The maximum atomic E-state index is 12.0. The summed E-state index contributed by atoms with van der Waals surface area (Å²) >= 11 is 6.07. The average Bonchev–Trinajstić information content (AvgIpc) is 2.88. The van der Waals surface area contributed by atoms with Crippen molar-refractivity contribution in [2.75, 3.05) is 20.2 Å². The highest BCUT2D eigenvalue weighted by molar-refractivity contribution is 6.32. The number of aliphatic hydroxyl groups is 1. The van der Waals surface area contributed by atoms with E-state index in [9.17, 15) is 4.79 Å². The van der Waals surface area contributed by atoms with E-state index in [0.717, 1.165) is 0 Å². The van der Waals surface area contributed by atoms with Crippen molar-refractivity contribution in [2.24, 2.45) is 0 Å². The van der Waals surface area contributed by atoms with Crippen LogP contribution in [0.1, 0.15) is 10.4 Å². The molecule has 6 heteroatoms. The largest absolute Gasteiger partial charge is 0.395 e. The lowest BCUT2D eigenvalue weighted by molar-refractivity contribution is 0.0767. The van der Waals surface area contributed by atoms with Gasteiger partial charge in [-0.25, -0.2) is 4.68 Å². The molecule has 0 aliphatic rings. The third kappa shape index (κ3) is 2.94. The molecule has 0 saturated carbocycles. The molecule has 1 aromatic heterocycles. The Morgan fingerprint density at radius 3 is 2.89 bits per heavy atom. The molecule has 1 N–H and O–H groups in total. The molecule has 0 atom stereocenters. The summed E-state index contributed by atoms with van der Waals surface area (Å²) in [6.07, 6.45) is 3.11. The van der Waals surface area contributed by atoms with Gasteiger partial charge in [0.25, 0.3) is 5.91 Å².